The van der Waals surface area contributed by atoms with Gasteiger partial charge in [0.05, 0.1) is 12.2 Å². The molecule has 17 heavy (non-hydrogen) atoms. The summed E-state index contributed by atoms with van der Waals surface area (Å²) in [5.41, 5.74) is 1.03. The Labute approximate surface area is 104 Å². The first-order valence-corrected chi connectivity index (χ1v) is 6.26. The van der Waals surface area contributed by atoms with E-state index in [1.54, 1.807) is 0 Å². The Morgan fingerprint density at radius 1 is 1.24 bits per heavy atom. The number of hydrogen-bond donors (Lipinski definition) is 2. The van der Waals surface area contributed by atoms with Gasteiger partial charge in [-0.15, -0.1) is 0 Å². The summed E-state index contributed by atoms with van der Waals surface area (Å²) in [5.74, 6) is 0.223. The number of ketones is 1. The molecule has 0 fully saturated rings. The standard InChI is InChI=1S/C14H22N2O/c1-4-13(17)14(16-11(3)15-5-2)12-9-7-6-8-10-12/h6-11,14-16H,4-5H2,1-3H3/t11?,14-/m1/s1. The third-order valence-corrected chi connectivity index (χ3v) is 2.73. The Kier molecular flexibility index (Phi) is 5.87. The topological polar surface area (TPSA) is 41.1 Å². The van der Waals surface area contributed by atoms with Gasteiger partial charge in [0.15, 0.2) is 5.78 Å². The zero-order valence-corrected chi connectivity index (χ0v) is 10.9. The number of hydrogen-bond acceptors (Lipinski definition) is 3. The normalized spacial score (nSPS) is 14.3. The molecule has 2 N–H and O–H groups in total. The molecule has 1 unspecified atom stereocenters. The van der Waals surface area contributed by atoms with Gasteiger partial charge in [-0.25, -0.2) is 0 Å². The van der Waals surface area contributed by atoms with Gasteiger partial charge in [0.25, 0.3) is 0 Å². The fourth-order valence-corrected chi connectivity index (χ4v) is 1.84. The van der Waals surface area contributed by atoms with E-state index in [0.717, 1.165) is 12.1 Å². The molecule has 0 aliphatic heterocycles. The van der Waals surface area contributed by atoms with Gasteiger partial charge in [-0.05, 0) is 19.0 Å². The minimum Gasteiger partial charge on any atom is -0.302 e. The largest absolute Gasteiger partial charge is 0.302 e. The molecule has 0 amide bonds. The van der Waals surface area contributed by atoms with Crippen molar-refractivity contribution >= 4 is 5.78 Å². The molecule has 0 bridgehead atoms. The summed E-state index contributed by atoms with van der Waals surface area (Å²) in [7, 11) is 0. The third kappa shape index (κ3) is 4.29. The second-order valence-electron chi connectivity index (χ2n) is 4.11. The molecule has 0 aromatic heterocycles. The molecule has 1 aromatic rings. The average molecular weight is 234 g/mol. The van der Waals surface area contributed by atoms with Crippen LogP contribution < -0.4 is 10.6 Å². The van der Waals surface area contributed by atoms with Gasteiger partial charge in [0, 0.05) is 6.42 Å². The summed E-state index contributed by atoms with van der Waals surface area (Å²) in [4.78, 5) is 12.0. The molecule has 0 radical (unpaired) electrons. The Bertz CT molecular complexity index is 337. The van der Waals surface area contributed by atoms with Crippen molar-refractivity contribution in [3.63, 3.8) is 0 Å². The van der Waals surface area contributed by atoms with E-state index >= 15 is 0 Å². The highest BCUT2D eigenvalue weighted by Gasteiger charge is 2.19. The lowest BCUT2D eigenvalue weighted by Gasteiger charge is -2.23. The lowest BCUT2D eigenvalue weighted by atomic mass is 10.0. The maximum atomic E-state index is 12.0. The number of nitrogens with one attached hydrogen (secondary N) is 2. The van der Waals surface area contributed by atoms with Crippen molar-refractivity contribution in [2.45, 2.75) is 39.4 Å². The molecule has 3 nitrogen and oxygen atoms in total. The first kappa shape index (κ1) is 13.9. The summed E-state index contributed by atoms with van der Waals surface area (Å²) >= 11 is 0. The van der Waals surface area contributed by atoms with Crippen LogP contribution in [-0.2, 0) is 4.79 Å². The first-order valence-electron chi connectivity index (χ1n) is 6.26. The van der Waals surface area contributed by atoms with Crippen molar-refractivity contribution in [3.8, 4) is 0 Å². The molecule has 3 heteroatoms. The van der Waals surface area contributed by atoms with E-state index in [9.17, 15) is 4.79 Å². The van der Waals surface area contributed by atoms with Gasteiger partial charge in [0.1, 0.15) is 0 Å². The lowest BCUT2D eigenvalue weighted by molar-refractivity contribution is -0.121. The van der Waals surface area contributed by atoms with Crippen LogP contribution in [0.5, 0.6) is 0 Å². The van der Waals surface area contributed by atoms with Crippen LogP contribution in [0.25, 0.3) is 0 Å². The molecule has 0 heterocycles. The van der Waals surface area contributed by atoms with E-state index in [1.165, 1.54) is 0 Å². The fourth-order valence-electron chi connectivity index (χ4n) is 1.84. The third-order valence-electron chi connectivity index (χ3n) is 2.73. The zero-order valence-electron chi connectivity index (χ0n) is 10.9. The minimum atomic E-state index is -0.213. The number of benzene rings is 1. The van der Waals surface area contributed by atoms with Gasteiger partial charge in [-0.3, -0.25) is 10.1 Å². The molecular formula is C14H22N2O. The highest BCUT2D eigenvalue weighted by atomic mass is 16.1. The van der Waals surface area contributed by atoms with Crippen LogP contribution >= 0.6 is 0 Å². The van der Waals surface area contributed by atoms with E-state index < -0.39 is 0 Å². The Morgan fingerprint density at radius 2 is 1.88 bits per heavy atom. The lowest BCUT2D eigenvalue weighted by Crippen LogP contribution is -2.43. The number of rotatable bonds is 7. The molecule has 0 saturated heterocycles. The Hall–Kier alpha value is -1.19. The molecule has 0 aliphatic carbocycles. The summed E-state index contributed by atoms with van der Waals surface area (Å²) in [6.07, 6.45) is 0.673. The fraction of sp³-hybridized carbons (Fsp3) is 0.500. The zero-order chi connectivity index (χ0) is 12.7. The predicted octanol–water partition coefficient (Wildman–Crippen LogP) is 2.25. The Balaban J connectivity index is 2.78. The van der Waals surface area contributed by atoms with Crippen molar-refractivity contribution in [2.24, 2.45) is 0 Å². The summed E-state index contributed by atoms with van der Waals surface area (Å²) < 4.78 is 0. The van der Waals surface area contributed by atoms with E-state index in [4.69, 9.17) is 0 Å². The highest BCUT2D eigenvalue weighted by molar-refractivity contribution is 5.85. The predicted molar refractivity (Wildman–Crippen MR) is 70.8 cm³/mol. The van der Waals surface area contributed by atoms with E-state index in [-0.39, 0.29) is 18.0 Å². The second kappa shape index (κ2) is 7.20. The van der Waals surface area contributed by atoms with Gasteiger partial charge in [-0.1, -0.05) is 44.2 Å². The number of carbonyl (C=O) groups is 1. The van der Waals surface area contributed by atoms with Crippen molar-refractivity contribution < 1.29 is 4.79 Å². The molecule has 94 valence electrons. The molecule has 1 aromatic carbocycles. The minimum absolute atomic E-state index is 0.126. The second-order valence-corrected chi connectivity index (χ2v) is 4.11. The van der Waals surface area contributed by atoms with Crippen LogP contribution in [-0.4, -0.2) is 18.5 Å². The van der Waals surface area contributed by atoms with Crippen molar-refractivity contribution in [2.75, 3.05) is 6.54 Å². The molecule has 0 spiro atoms. The van der Waals surface area contributed by atoms with E-state index in [1.807, 2.05) is 44.2 Å². The van der Waals surface area contributed by atoms with Crippen molar-refractivity contribution in [3.05, 3.63) is 35.9 Å². The monoisotopic (exact) mass is 234 g/mol. The first-order chi connectivity index (χ1) is 8.19. The van der Waals surface area contributed by atoms with E-state index in [2.05, 4.69) is 17.6 Å². The average Bonchev–Trinajstić information content (AvgIpc) is 2.36. The van der Waals surface area contributed by atoms with E-state index in [0.29, 0.717) is 6.42 Å². The summed E-state index contributed by atoms with van der Waals surface area (Å²) in [6.45, 7) is 6.87. The molecular weight excluding hydrogens is 212 g/mol. The van der Waals surface area contributed by atoms with Crippen molar-refractivity contribution in [1.82, 2.24) is 10.6 Å². The molecule has 2 atom stereocenters. The van der Waals surface area contributed by atoms with Crippen LogP contribution in [0.15, 0.2) is 30.3 Å². The summed E-state index contributed by atoms with van der Waals surface area (Å²) in [6, 6.07) is 9.66. The summed E-state index contributed by atoms with van der Waals surface area (Å²) in [5, 5.41) is 6.59. The molecule has 0 aliphatic rings. The van der Waals surface area contributed by atoms with Gasteiger partial charge >= 0.3 is 0 Å². The molecule has 1 rings (SSSR count). The quantitative estimate of drug-likeness (QED) is 0.711. The van der Waals surface area contributed by atoms with Crippen LogP contribution in [0.1, 0.15) is 38.8 Å². The number of carbonyl (C=O) groups excluding carboxylic acids is 1. The maximum Gasteiger partial charge on any atom is 0.154 e. The van der Waals surface area contributed by atoms with Crippen LogP contribution in [0.2, 0.25) is 0 Å². The maximum absolute atomic E-state index is 12.0. The van der Waals surface area contributed by atoms with Crippen molar-refractivity contribution in [1.29, 1.82) is 0 Å². The van der Waals surface area contributed by atoms with Crippen LogP contribution in [0.4, 0.5) is 0 Å². The van der Waals surface area contributed by atoms with Crippen LogP contribution in [0, 0.1) is 0 Å². The van der Waals surface area contributed by atoms with Gasteiger partial charge in [-0.2, -0.15) is 0 Å². The highest BCUT2D eigenvalue weighted by Crippen LogP contribution is 2.15. The Morgan fingerprint density at radius 3 is 2.41 bits per heavy atom. The SMILES string of the molecule is CCNC(C)N[C@@H](C(=O)CC)c1ccccc1. The smallest absolute Gasteiger partial charge is 0.154 e. The molecule has 0 saturated carbocycles. The van der Waals surface area contributed by atoms with Crippen LogP contribution in [0.3, 0.4) is 0 Å². The van der Waals surface area contributed by atoms with Gasteiger partial charge in [0.2, 0.25) is 0 Å². The van der Waals surface area contributed by atoms with Gasteiger partial charge < -0.3 is 5.32 Å². The number of Topliss-reactive ketones (excluding diaryl/α,β-unsaturated/α-hetero) is 1.